The van der Waals surface area contributed by atoms with E-state index in [1.807, 2.05) is 7.05 Å². The summed E-state index contributed by atoms with van der Waals surface area (Å²) in [7, 11) is 1.90. The molecule has 4 unspecified atom stereocenters. The molecule has 2 saturated heterocycles. The van der Waals surface area contributed by atoms with Crippen LogP contribution in [0.5, 0.6) is 0 Å². The van der Waals surface area contributed by atoms with Gasteiger partial charge in [0.05, 0.1) is 18.1 Å². The van der Waals surface area contributed by atoms with Crippen molar-refractivity contribution < 1.29 is 9.53 Å². The summed E-state index contributed by atoms with van der Waals surface area (Å²) in [6, 6.07) is 0.327. The van der Waals surface area contributed by atoms with Gasteiger partial charge in [0.25, 0.3) is 0 Å². The highest BCUT2D eigenvalue weighted by atomic mass is 35.5. The van der Waals surface area contributed by atoms with E-state index in [1.165, 1.54) is 0 Å². The van der Waals surface area contributed by atoms with Gasteiger partial charge < -0.3 is 15.4 Å². The van der Waals surface area contributed by atoms with Gasteiger partial charge in [-0.1, -0.05) is 0 Å². The fraction of sp³-hybridized carbons (Fsp3) is 0.909. The van der Waals surface area contributed by atoms with Crippen molar-refractivity contribution >= 4 is 18.3 Å². The van der Waals surface area contributed by atoms with E-state index in [-0.39, 0.29) is 30.3 Å². The number of fused-ring (bicyclic) bond motifs is 2. The Kier molecular flexibility index (Phi) is 5.02. The predicted octanol–water partition coefficient (Wildman–Crippen LogP) is 0.700. The van der Waals surface area contributed by atoms with Crippen molar-refractivity contribution in [1.82, 2.24) is 10.6 Å². The first-order chi connectivity index (χ1) is 7.20. The third-order valence-corrected chi connectivity index (χ3v) is 3.52. The van der Waals surface area contributed by atoms with Crippen molar-refractivity contribution in [3.63, 3.8) is 0 Å². The second kappa shape index (κ2) is 5.84. The molecule has 2 aliphatic rings. The van der Waals surface area contributed by atoms with Crippen LogP contribution in [0.3, 0.4) is 0 Å². The van der Waals surface area contributed by atoms with Gasteiger partial charge in [-0.25, -0.2) is 0 Å². The Hall–Kier alpha value is -0.320. The number of carbonyl (C=O) groups excluding carboxylic acids is 1. The van der Waals surface area contributed by atoms with Crippen molar-refractivity contribution in [2.24, 2.45) is 5.92 Å². The standard InChI is InChI=1S/C11H20N2O2.ClH/c1-7(12-2)6-13-11(14)9-5-8-3-4-10(9)15-8;/h7-10,12H,3-6H2,1-2H3,(H,13,14);1H. The molecule has 94 valence electrons. The number of ether oxygens (including phenoxy) is 1. The molecule has 2 N–H and O–H groups in total. The summed E-state index contributed by atoms with van der Waals surface area (Å²) in [6.07, 6.45) is 3.67. The van der Waals surface area contributed by atoms with Crippen LogP contribution in [0.25, 0.3) is 0 Å². The van der Waals surface area contributed by atoms with Crippen LogP contribution in [0.1, 0.15) is 26.2 Å². The number of halogens is 1. The third-order valence-electron chi connectivity index (χ3n) is 3.52. The highest BCUT2D eigenvalue weighted by Gasteiger charge is 2.44. The van der Waals surface area contributed by atoms with Gasteiger partial charge in [-0.2, -0.15) is 0 Å². The second-order valence-corrected chi connectivity index (χ2v) is 4.65. The maximum Gasteiger partial charge on any atom is 0.225 e. The average Bonchev–Trinajstić information content (AvgIpc) is 2.86. The Morgan fingerprint density at radius 2 is 2.25 bits per heavy atom. The SMILES string of the molecule is CNC(C)CNC(=O)C1CC2CCC1O2.Cl. The highest BCUT2D eigenvalue weighted by molar-refractivity contribution is 5.85. The first-order valence-corrected chi connectivity index (χ1v) is 5.81. The molecule has 2 bridgehead atoms. The number of amides is 1. The first kappa shape index (κ1) is 13.7. The molecule has 1 amide bonds. The van der Waals surface area contributed by atoms with E-state index in [2.05, 4.69) is 17.6 Å². The molecule has 0 aromatic carbocycles. The van der Waals surface area contributed by atoms with Gasteiger partial charge in [-0.15, -0.1) is 12.4 Å². The van der Waals surface area contributed by atoms with Crippen molar-refractivity contribution in [2.45, 2.75) is 44.4 Å². The number of hydrogen-bond acceptors (Lipinski definition) is 3. The lowest BCUT2D eigenvalue weighted by Crippen LogP contribution is -2.42. The molecule has 0 spiro atoms. The molecule has 2 fully saturated rings. The Morgan fingerprint density at radius 3 is 2.75 bits per heavy atom. The molecule has 0 aromatic rings. The van der Waals surface area contributed by atoms with Crippen LogP contribution >= 0.6 is 12.4 Å². The van der Waals surface area contributed by atoms with Crippen LogP contribution in [0.2, 0.25) is 0 Å². The van der Waals surface area contributed by atoms with E-state index < -0.39 is 0 Å². The summed E-state index contributed by atoms with van der Waals surface area (Å²) in [4.78, 5) is 11.8. The van der Waals surface area contributed by atoms with E-state index in [4.69, 9.17) is 4.74 Å². The number of carbonyl (C=O) groups is 1. The Balaban J connectivity index is 0.00000128. The van der Waals surface area contributed by atoms with E-state index in [9.17, 15) is 4.79 Å². The van der Waals surface area contributed by atoms with Crippen molar-refractivity contribution in [1.29, 1.82) is 0 Å². The predicted molar refractivity (Wildman–Crippen MR) is 64.8 cm³/mol. The Morgan fingerprint density at radius 1 is 1.50 bits per heavy atom. The Bertz CT molecular complexity index is 250. The Labute approximate surface area is 103 Å². The summed E-state index contributed by atoms with van der Waals surface area (Å²) < 4.78 is 5.66. The number of nitrogens with one attached hydrogen (secondary N) is 2. The zero-order valence-corrected chi connectivity index (χ0v) is 10.7. The molecule has 0 aliphatic carbocycles. The topological polar surface area (TPSA) is 50.4 Å². The lowest BCUT2D eigenvalue weighted by atomic mass is 9.88. The quantitative estimate of drug-likeness (QED) is 0.770. The van der Waals surface area contributed by atoms with E-state index in [0.717, 1.165) is 19.3 Å². The van der Waals surface area contributed by atoms with Crippen LogP contribution < -0.4 is 10.6 Å². The van der Waals surface area contributed by atoms with Gasteiger partial charge in [0.1, 0.15) is 0 Å². The lowest BCUT2D eigenvalue weighted by molar-refractivity contribution is -0.126. The molecule has 2 heterocycles. The minimum atomic E-state index is 0. The second-order valence-electron chi connectivity index (χ2n) is 4.65. The van der Waals surface area contributed by atoms with Crippen LogP contribution in [0.4, 0.5) is 0 Å². The zero-order valence-electron chi connectivity index (χ0n) is 9.86. The third kappa shape index (κ3) is 2.87. The minimum absolute atomic E-state index is 0. The largest absolute Gasteiger partial charge is 0.374 e. The highest BCUT2D eigenvalue weighted by Crippen LogP contribution is 2.38. The molecular weight excluding hydrogens is 228 g/mol. The summed E-state index contributed by atoms with van der Waals surface area (Å²) in [6.45, 7) is 2.75. The van der Waals surface area contributed by atoms with Crippen LogP contribution in [-0.4, -0.2) is 37.7 Å². The zero-order chi connectivity index (χ0) is 10.8. The van der Waals surface area contributed by atoms with Crippen molar-refractivity contribution in [3.05, 3.63) is 0 Å². The average molecular weight is 249 g/mol. The number of rotatable bonds is 4. The molecular formula is C11H21ClN2O2. The summed E-state index contributed by atoms with van der Waals surface area (Å²) in [5, 5.41) is 6.08. The fourth-order valence-corrected chi connectivity index (χ4v) is 2.40. The smallest absolute Gasteiger partial charge is 0.225 e. The van der Waals surface area contributed by atoms with Gasteiger partial charge in [-0.05, 0) is 33.2 Å². The van der Waals surface area contributed by atoms with Crippen molar-refractivity contribution in [3.8, 4) is 0 Å². The van der Waals surface area contributed by atoms with E-state index >= 15 is 0 Å². The molecule has 2 rings (SSSR count). The number of likely N-dealkylation sites (N-methyl/N-ethyl adjacent to an activating group) is 1. The van der Waals surface area contributed by atoms with Crippen LogP contribution in [0, 0.1) is 5.92 Å². The fourth-order valence-electron chi connectivity index (χ4n) is 2.40. The van der Waals surface area contributed by atoms with Crippen LogP contribution in [-0.2, 0) is 9.53 Å². The molecule has 16 heavy (non-hydrogen) atoms. The molecule has 2 aliphatic heterocycles. The molecule has 5 heteroatoms. The number of hydrogen-bond donors (Lipinski definition) is 2. The molecule has 0 saturated carbocycles. The molecule has 4 nitrogen and oxygen atoms in total. The molecule has 4 atom stereocenters. The first-order valence-electron chi connectivity index (χ1n) is 5.81. The maximum absolute atomic E-state index is 11.8. The van der Waals surface area contributed by atoms with E-state index in [1.54, 1.807) is 0 Å². The van der Waals surface area contributed by atoms with Gasteiger partial charge in [0.2, 0.25) is 5.91 Å². The summed E-state index contributed by atoms with van der Waals surface area (Å²) >= 11 is 0. The maximum atomic E-state index is 11.8. The van der Waals surface area contributed by atoms with E-state index in [0.29, 0.717) is 18.7 Å². The minimum Gasteiger partial charge on any atom is -0.374 e. The normalized spacial score (nSPS) is 33.2. The van der Waals surface area contributed by atoms with Crippen molar-refractivity contribution in [2.75, 3.05) is 13.6 Å². The molecule has 0 aromatic heterocycles. The monoisotopic (exact) mass is 248 g/mol. The van der Waals surface area contributed by atoms with Gasteiger partial charge >= 0.3 is 0 Å². The lowest BCUT2D eigenvalue weighted by Gasteiger charge is -2.19. The van der Waals surface area contributed by atoms with Gasteiger partial charge in [-0.3, -0.25) is 4.79 Å². The molecule has 0 radical (unpaired) electrons. The van der Waals surface area contributed by atoms with Gasteiger partial charge in [0.15, 0.2) is 0 Å². The van der Waals surface area contributed by atoms with Gasteiger partial charge in [0, 0.05) is 12.6 Å². The summed E-state index contributed by atoms with van der Waals surface area (Å²) in [5.74, 6) is 0.275. The van der Waals surface area contributed by atoms with Crippen LogP contribution in [0.15, 0.2) is 0 Å². The summed E-state index contributed by atoms with van der Waals surface area (Å²) in [5.41, 5.74) is 0.